The zero-order chi connectivity index (χ0) is 16.1. The molecule has 1 aromatic carbocycles. The van der Waals surface area contributed by atoms with Gasteiger partial charge in [0.05, 0.1) is 5.56 Å². The van der Waals surface area contributed by atoms with Gasteiger partial charge in [0.25, 0.3) is 0 Å². The number of rotatable bonds is 4. The number of halogens is 3. The van der Waals surface area contributed by atoms with Crippen LogP contribution in [0.1, 0.15) is 38.8 Å². The molecule has 1 N–H and O–H groups in total. The average Bonchev–Trinajstić information content (AvgIpc) is 2.35. The van der Waals surface area contributed by atoms with E-state index in [1.165, 1.54) is 6.07 Å². The molecule has 0 spiro atoms. The molecule has 5 heteroatoms. The smallest absolute Gasteiger partial charge is 0.419 e. The van der Waals surface area contributed by atoms with Gasteiger partial charge < -0.3 is 10.1 Å². The maximum atomic E-state index is 13.1. The largest absolute Gasteiger partial charge is 0.480 e. The van der Waals surface area contributed by atoms with Crippen LogP contribution in [0.15, 0.2) is 18.2 Å². The first-order chi connectivity index (χ1) is 9.63. The Hall–Kier alpha value is -1.67. The van der Waals surface area contributed by atoms with Crippen molar-refractivity contribution in [2.24, 2.45) is 0 Å². The third-order valence-electron chi connectivity index (χ3n) is 2.65. The van der Waals surface area contributed by atoms with Gasteiger partial charge in [0.2, 0.25) is 0 Å². The van der Waals surface area contributed by atoms with E-state index in [2.05, 4.69) is 17.2 Å². The van der Waals surface area contributed by atoms with Crippen molar-refractivity contribution in [2.45, 2.75) is 46.0 Å². The van der Waals surface area contributed by atoms with Crippen LogP contribution in [0, 0.1) is 11.8 Å². The summed E-state index contributed by atoms with van der Waals surface area (Å²) in [7, 11) is 0. The molecule has 0 amide bonds. The molecule has 2 nitrogen and oxygen atoms in total. The summed E-state index contributed by atoms with van der Waals surface area (Å²) in [6.45, 7) is 7.78. The fraction of sp³-hybridized carbons (Fsp3) is 0.500. The molecule has 0 unspecified atom stereocenters. The molecule has 0 aliphatic heterocycles. The van der Waals surface area contributed by atoms with Crippen molar-refractivity contribution >= 4 is 0 Å². The van der Waals surface area contributed by atoms with Gasteiger partial charge in [0, 0.05) is 12.1 Å². The first-order valence-corrected chi connectivity index (χ1v) is 6.61. The molecule has 21 heavy (non-hydrogen) atoms. The van der Waals surface area contributed by atoms with Gasteiger partial charge in [-0.15, -0.1) is 5.92 Å². The highest BCUT2D eigenvalue weighted by molar-refractivity contribution is 5.39. The molecule has 0 fully saturated rings. The Morgan fingerprint density at radius 3 is 2.38 bits per heavy atom. The first-order valence-electron chi connectivity index (χ1n) is 6.61. The van der Waals surface area contributed by atoms with Crippen LogP contribution in [0.4, 0.5) is 13.2 Å². The van der Waals surface area contributed by atoms with Crippen LogP contribution < -0.4 is 10.1 Å². The number of nitrogens with one attached hydrogen (secondary N) is 1. The summed E-state index contributed by atoms with van der Waals surface area (Å²) in [4.78, 5) is 0. The van der Waals surface area contributed by atoms with Gasteiger partial charge in [-0.1, -0.05) is 12.0 Å². The molecule has 0 aromatic heterocycles. The Morgan fingerprint density at radius 2 is 1.86 bits per heavy atom. The molecular weight excluding hydrogens is 279 g/mol. The van der Waals surface area contributed by atoms with Crippen molar-refractivity contribution in [2.75, 3.05) is 6.61 Å². The predicted octanol–water partition coefficient (Wildman–Crippen LogP) is 4.00. The van der Waals surface area contributed by atoms with Gasteiger partial charge in [-0.2, -0.15) is 13.2 Å². The van der Waals surface area contributed by atoms with E-state index < -0.39 is 11.7 Å². The molecule has 0 radical (unpaired) electrons. The number of benzene rings is 1. The van der Waals surface area contributed by atoms with Crippen molar-refractivity contribution in [3.63, 3.8) is 0 Å². The fourth-order valence-electron chi connectivity index (χ4n) is 1.59. The molecule has 0 saturated heterocycles. The van der Waals surface area contributed by atoms with Crippen LogP contribution in [0.25, 0.3) is 0 Å². The summed E-state index contributed by atoms with van der Waals surface area (Å²) in [5.41, 5.74) is -0.371. The lowest BCUT2D eigenvalue weighted by Crippen LogP contribution is -2.35. The third kappa shape index (κ3) is 6.09. The molecule has 0 heterocycles. The average molecular weight is 299 g/mol. The Balaban J connectivity index is 2.98. The summed E-state index contributed by atoms with van der Waals surface area (Å²) >= 11 is 0. The van der Waals surface area contributed by atoms with E-state index in [-0.39, 0.29) is 17.9 Å². The van der Waals surface area contributed by atoms with E-state index >= 15 is 0 Å². The maximum Gasteiger partial charge on any atom is 0.419 e. The standard InChI is InChI=1S/C16H20F3NO/c1-5-6-9-21-14-8-7-12(11-20-15(2,3)4)10-13(14)16(17,18)19/h7-8,10,20H,9,11H2,1-4H3. The highest BCUT2D eigenvalue weighted by atomic mass is 19.4. The Labute approximate surface area is 123 Å². The normalized spacial score (nSPS) is 11.8. The summed E-state index contributed by atoms with van der Waals surface area (Å²) in [6, 6.07) is 4.09. The number of hydrogen-bond acceptors (Lipinski definition) is 2. The molecule has 0 bridgehead atoms. The maximum absolute atomic E-state index is 13.1. The Morgan fingerprint density at radius 1 is 1.19 bits per heavy atom. The summed E-state index contributed by atoms with van der Waals surface area (Å²) in [5, 5.41) is 3.16. The van der Waals surface area contributed by atoms with Gasteiger partial charge in [-0.3, -0.25) is 0 Å². The molecule has 0 aliphatic carbocycles. The molecule has 0 atom stereocenters. The highest BCUT2D eigenvalue weighted by Gasteiger charge is 2.34. The SMILES string of the molecule is CC#CCOc1ccc(CNC(C)(C)C)cc1C(F)(F)F. The molecule has 1 aromatic rings. The molecule has 0 saturated carbocycles. The van der Waals surface area contributed by atoms with Crippen LogP contribution in [-0.2, 0) is 12.7 Å². The highest BCUT2D eigenvalue weighted by Crippen LogP contribution is 2.36. The molecule has 116 valence electrons. The van der Waals surface area contributed by atoms with Crippen molar-refractivity contribution in [1.29, 1.82) is 0 Å². The van der Waals surface area contributed by atoms with Crippen molar-refractivity contribution in [3.8, 4) is 17.6 Å². The lowest BCUT2D eigenvalue weighted by molar-refractivity contribution is -0.138. The minimum atomic E-state index is -4.45. The topological polar surface area (TPSA) is 21.3 Å². The zero-order valence-corrected chi connectivity index (χ0v) is 12.7. The van der Waals surface area contributed by atoms with Gasteiger partial charge in [0.15, 0.2) is 0 Å². The molecular formula is C16H20F3NO. The predicted molar refractivity (Wildman–Crippen MR) is 77.0 cm³/mol. The lowest BCUT2D eigenvalue weighted by atomic mass is 10.1. The summed E-state index contributed by atoms with van der Waals surface area (Å²) < 4.78 is 44.3. The monoisotopic (exact) mass is 299 g/mol. The second-order valence-electron chi connectivity index (χ2n) is 5.65. The molecule has 0 aliphatic rings. The van der Waals surface area contributed by atoms with E-state index in [1.807, 2.05) is 20.8 Å². The quantitative estimate of drug-likeness (QED) is 0.849. The minimum absolute atomic E-state index is 0.0564. The van der Waals surface area contributed by atoms with Crippen LogP contribution in [0.5, 0.6) is 5.75 Å². The van der Waals surface area contributed by atoms with Gasteiger partial charge in [-0.05, 0) is 45.4 Å². The third-order valence-corrected chi connectivity index (χ3v) is 2.65. The van der Waals surface area contributed by atoms with E-state index in [1.54, 1.807) is 13.0 Å². The first kappa shape index (κ1) is 17.4. The van der Waals surface area contributed by atoms with Crippen molar-refractivity contribution in [1.82, 2.24) is 5.32 Å². The van der Waals surface area contributed by atoms with Crippen LogP contribution in [-0.4, -0.2) is 12.1 Å². The van der Waals surface area contributed by atoms with Crippen LogP contribution in [0.2, 0.25) is 0 Å². The Bertz CT molecular complexity index is 533. The number of ether oxygens (including phenoxy) is 1. The van der Waals surface area contributed by atoms with Crippen LogP contribution in [0.3, 0.4) is 0 Å². The van der Waals surface area contributed by atoms with Gasteiger partial charge >= 0.3 is 6.18 Å². The summed E-state index contributed by atoms with van der Waals surface area (Å²) in [6.07, 6.45) is -4.45. The lowest BCUT2D eigenvalue weighted by Gasteiger charge is -2.21. The van der Waals surface area contributed by atoms with E-state index in [0.29, 0.717) is 12.1 Å². The number of hydrogen-bond donors (Lipinski definition) is 1. The van der Waals surface area contributed by atoms with E-state index in [9.17, 15) is 13.2 Å². The van der Waals surface area contributed by atoms with Crippen LogP contribution >= 0.6 is 0 Å². The van der Waals surface area contributed by atoms with E-state index in [0.717, 1.165) is 6.07 Å². The van der Waals surface area contributed by atoms with Gasteiger partial charge in [-0.25, -0.2) is 0 Å². The second-order valence-corrected chi connectivity index (χ2v) is 5.65. The zero-order valence-electron chi connectivity index (χ0n) is 12.7. The second kappa shape index (κ2) is 6.86. The Kier molecular flexibility index (Phi) is 5.68. The van der Waals surface area contributed by atoms with Gasteiger partial charge in [0.1, 0.15) is 12.4 Å². The fourth-order valence-corrected chi connectivity index (χ4v) is 1.59. The minimum Gasteiger partial charge on any atom is -0.480 e. The van der Waals surface area contributed by atoms with Crippen molar-refractivity contribution in [3.05, 3.63) is 29.3 Å². The molecule has 1 rings (SSSR count). The number of alkyl halides is 3. The van der Waals surface area contributed by atoms with E-state index in [4.69, 9.17) is 4.74 Å². The van der Waals surface area contributed by atoms with Crippen molar-refractivity contribution < 1.29 is 17.9 Å². The summed E-state index contributed by atoms with van der Waals surface area (Å²) in [5.74, 6) is 4.97.